The van der Waals surface area contributed by atoms with Crippen molar-refractivity contribution in [2.75, 3.05) is 0 Å². The molecule has 0 bridgehead atoms. The van der Waals surface area contributed by atoms with E-state index in [0.29, 0.717) is 12.2 Å². The van der Waals surface area contributed by atoms with Gasteiger partial charge in [-0.3, -0.25) is 0 Å². The van der Waals surface area contributed by atoms with E-state index in [0.717, 1.165) is 38.5 Å². The minimum absolute atomic E-state index is 0.322. The normalized spacial score (nSPS) is 13.1. The van der Waals surface area contributed by atoms with Gasteiger partial charge >= 0.3 is 0 Å². The molecule has 1 nitrogen and oxygen atoms in total. The van der Waals surface area contributed by atoms with E-state index in [4.69, 9.17) is 4.74 Å². The summed E-state index contributed by atoms with van der Waals surface area (Å²) in [6.45, 7) is 15.4. The third kappa shape index (κ3) is 16.2. The van der Waals surface area contributed by atoms with E-state index in [-0.39, 0.29) is 0 Å². The zero-order valence-electron chi connectivity index (χ0n) is 16.6. The molecule has 0 radical (unpaired) electrons. The lowest BCUT2D eigenvalue weighted by molar-refractivity contribution is -0.0190. The van der Waals surface area contributed by atoms with Crippen LogP contribution in [0.15, 0.2) is 50.6 Å². The Labute approximate surface area is 157 Å². The molecule has 0 saturated heterocycles. The van der Waals surface area contributed by atoms with Crippen LogP contribution in [0.3, 0.4) is 0 Å². The Morgan fingerprint density at radius 3 is 1.28 bits per heavy atom. The number of ether oxygens (including phenoxy) is 1. The smallest absolute Gasteiger partial charge is 0.0613 e. The van der Waals surface area contributed by atoms with Gasteiger partial charge in [-0.25, -0.2) is 0 Å². The summed E-state index contributed by atoms with van der Waals surface area (Å²) in [5.74, 6) is 0. The first kappa shape index (κ1) is 23.9. The molecule has 0 amide bonds. The predicted octanol–water partition coefficient (Wildman–Crippen LogP) is 7.95. The largest absolute Gasteiger partial charge is 0.374 e. The van der Waals surface area contributed by atoms with Crippen LogP contribution in [0.1, 0.15) is 89.9 Å². The van der Waals surface area contributed by atoms with Gasteiger partial charge in [0.25, 0.3) is 0 Å². The SMILES string of the molecule is C=CCCCCCCC(CC=C)OC(CC=C)CCCCCCC=C. The number of hydrogen-bond acceptors (Lipinski definition) is 1. The van der Waals surface area contributed by atoms with Crippen LogP contribution < -0.4 is 0 Å². The van der Waals surface area contributed by atoms with Crippen molar-refractivity contribution in [3.05, 3.63) is 50.6 Å². The van der Waals surface area contributed by atoms with E-state index in [1.165, 1.54) is 51.4 Å². The first-order valence-corrected chi connectivity index (χ1v) is 10.4. The van der Waals surface area contributed by atoms with Gasteiger partial charge in [0.15, 0.2) is 0 Å². The van der Waals surface area contributed by atoms with Gasteiger partial charge in [-0.1, -0.05) is 62.8 Å². The summed E-state index contributed by atoms with van der Waals surface area (Å²) >= 11 is 0. The summed E-state index contributed by atoms with van der Waals surface area (Å²) in [6.07, 6.45) is 25.4. The van der Waals surface area contributed by atoms with Crippen LogP contribution in [0.2, 0.25) is 0 Å². The van der Waals surface area contributed by atoms with Crippen molar-refractivity contribution in [1.29, 1.82) is 0 Å². The Kier molecular flexibility index (Phi) is 18.4. The fourth-order valence-electron chi connectivity index (χ4n) is 3.16. The second-order valence-corrected chi connectivity index (χ2v) is 6.99. The molecule has 144 valence electrons. The number of unbranched alkanes of at least 4 members (excludes halogenated alkanes) is 8. The number of hydrogen-bond donors (Lipinski definition) is 0. The lowest BCUT2D eigenvalue weighted by atomic mass is 10.0. The van der Waals surface area contributed by atoms with Gasteiger partial charge in [0.1, 0.15) is 0 Å². The van der Waals surface area contributed by atoms with E-state index in [9.17, 15) is 0 Å². The molecular formula is C24H42O. The van der Waals surface area contributed by atoms with Crippen molar-refractivity contribution in [2.24, 2.45) is 0 Å². The van der Waals surface area contributed by atoms with Gasteiger partial charge < -0.3 is 4.74 Å². The molecule has 0 rings (SSSR count). The Hall–Kier alpha value is -1.08. The van der Waals surface area contributed by atoms with Gasteiger partial charge in [-0.15, -0.1) is 26.3 Å². The Morgan fingerprint density at radius 2 is 0.920 bits per heavy atom. The molecule has 0 saturated carbocycles. The molecule has 0 aromatic heterocycles. The molecule has 0 spiro atoms. The van der Waals surface area contributed by atoms with E-state index in [1.807, 2.05) is 24.3 Å². The van der Waals surface area contributed by atoms with Crippen LogP contribution in [0, 0.1) is 0 Å². The van der Waals surface area contributed by atoms with Crippen molar-refractivity contribution in [3.8, 4) is 0 Å². The summed E-state index contributed by atoms with van der Waals surface area (Å²) in [5.41, 5.74) is 0. The van der Waals surface area contributed by atoms with Crippen LogP contribution in [0.25, 0.3) is 0 Å². The lowest BCUT2D eigenvalue weighted by Gasteiger charge is -2.24. The maximum absolute atomic E-state index is 6.41. The lowest BCUT2D eigenvalue weighted by Crippen LogP contribution is -2.22. The molecule has 0 N–H and O–H groups in total. The fraction of sp³-hybridized carbons (Fsp3) is 0.667. The van der Waals surface area contributed by atoms with Gasteiger partial charge in [-0.05, 0) is 51.4 Å². The van der Waals surface area contributed by atoms with Crippen molar-refractivity contribution in [3.63, 3.8) is 0 Å². The minimum Gasteiger partial charge on any atom is -0.374 e. The van der Waals surface area contributed by atoms with Gasteiger partial charge in [-0.2, -0.15) is 0 Å². The summed E-state index contributed by atoms with van der Waals surface area (Å²) in [7, 11) is 0. The summed E-state index contributed by atoms with van der Waals surface area (Å²) < 4.78 is 6.41. The maximum Gasteiger partial charge on any atom is 0.0613 e. The first-order valence-electron chi connectivity index (χ1n) is 10.4. The first-order chi connectivity index (χ1) is 12.3. The highest BCUT2D eigenvalue weighted by Gasteiger charge is 2.14. The average molecular weight is 347 g/mol. The summed E-state index contributed by atoms with van der Waals surface area (Å²) in [5, 5.41) is 0. The van der Waals surface area contributed by atoms with Crippen molar-refractivity contribution >= 4 is 0 Å². The molecule has 2 atom stereocenters. The quantitative estimate of drug-likeness (QED) is 0.160. The number of allylic oxidation sites excluding steroid dienone is 2. The molecule has 0 fully saturated rings. The van der Waals surface area contributed by atoms with Crippen LogP contribution in [0.4, 0.5) is 0 Å². The van der Waals surface area contributed by atoms with Crippen molar-refractivity contribution < 1.29 is 4.74 Å². The third-order valence-electron chi connectivity index (χ3n) is 4.61. The van der Waals surface area contributed by atoms with E-state index in [1.54, 1.807) is 0 Å². The Morgan fingerprint density at radius 1 is 0.520 bits per heavy atom. The second kappa shape index (κ2) is 19.2. The van der Waals surface area contributed by atoms with Gasteiger partial charge in [0, 0.05) is 0 Å². The van der Waals surface area contributed by atoms with Crippen LogP contribution in [-0.2, 0) is 4.74 Å². The zero-order chi connectivity index (χ0) is 18.6. The highest BCUT2D eigenvalue weighted by molar-refractivity contribution is 4.79. The van der Waals surface area contributed by atoms with Gasteiger partial charge in [0.05, 0.1) is 12.2 Å². The Balaban J connectivity index is 4.06. The second-order valence-electron chi connectivity index (χ2n) is 6.99. The molecule has 0 heterocycles. The zero-order valence-corrected chi connectivity index (χ0v) is 16.6. The predicted molar refractivity (Wildman–Crippen MR) is 114 cm³/mol. The molecule has 0 aliphatic carbocycles. The minimum atomic E-state index is 0.322. The standard InChI is InChI=1S/C24H42O/c1-5-9-11-13-15-17-21-23(19-7-3)25-24(20-8-4)22-18-16-14-12-10-6-2/h5-8,23-24H,1-4,9-22H2. The molecule has 0 aliphatic heterocycles. The fourth-order valence-corrected chi connectivity index (χ4v) is 3.16. The van der Waals surface area contributed by atoms with E-state index in [2.05, 4.69) is 26.3 Å². The van der Waals surface area contributed by atoms with Crippen LogP contribution >= 0.6 is 0 Å². The maximum atomic E-state index is 6.41. The molecule has 1 heteroatoms. The molecular weight excluding hydrogens is 304 g/mol. The van der Waals surface area contributed by atoms with Gasteiger partial charge in [0.2, 0.25) is 0 Å². The average Bonchev–Trinajstić information content (AvgIpc) is 2.61. The van der Waals surface area contributed by atoms with Crippen molar-refractivity contribution in [2.45, 2.75) is 102 Å². The summed E-state index contributed by atoms with van der Waals surface area (Å²) in [6, 6.07) is 0. The Bertz CT molecular complexity index is 299. The monoisotopic (exact) mass is 346 g/mol. The third-order valence-corrected chi connectivity index (χ3v) is 4.61. The molecule has 25 heavy (non-hydrogen) atoms. The van der Waals surface area contributed by atoms with Crippen LogP contribution in [0.5, 0.6) is 0 Å². The highest BCUT2D eigenvalue weighted by Crippen LogP contribution is 2.19. The molecule has 0 aliphatic rings. The molecule has 0 aromatic carbocycles. The van der Waals surface area contributed by atoms with Crippen molar-refractivity contribution in [1.82, 2.24) is 0 Å². The van der Waals surface area contributed by atoms with E-state index < -0.39 is 0 Å². The molecule has 0 aromatic rings. The number of rotatable bonds is 20. The van der Waals surface area contributed by atoms with E-state index >= 15 is 0 Å². The van der Waals surface area contributed by atoms with Crippen LogP contribution in [-0.4, -0.2) is 12.2 Å². The molecule has 2 unspecified atom stereocenters. The summed E-state index contributed by atoms with van der Waals surface area (Å²) in [4.78, 5) is 0. The topological polar surface area (TPSA) is 9.23 Å². The highest BCUT2D eigenvalue weighted by atomic mass is 16.5.